The Morgan fingerprint density at radius 1 is 1.00 bits per heavy atom. The first-order chi connectivity index (χ1) is 18.2. The lowest BCUT2D eigenvalue weighted by atomic mass is 9.99. The number of likely N-dealkylation sites (tertiary alicyclic amines) is 1. The summed E-state index contributed by atoms with van der Waals surface area (Å²) in [6, 6.07) is 19.5. The lowest BCUT2D eigenvalue weighted by Crippen LogP contribution is -2.71. The van der Waals surface area contributed by atoms with Crippen LogP contribution < -0.4 is 26.6 Å². The number of nitrogens with one attached hydrogen (secondary N) is 5. The molecule has 9 heteroatoms. The number of hydrogen-bond acceptors (Lipinski definition) is 8. The third kappa shape index (κ3) is 5.87. The molecule has 0 aliphatic carbocycles. The molecule has 4 heterocycles. The highest BCUT2D eigenvalue weighted by Crippen LogP contribution is 2.31. The number of aromatic nitrogens is 1. The number of thiazole rings is 1. The largest absolute Gasteiger partial charge is 0.327 e. The van der Waals surface area contributed by atoms with E-state index >= 15 is 0 Å². The van der Waals surface area contributed by atoms with Gasteiger partial charge in [0.15, 0.2) is 0 Å². The summed E-state index contributed by atoms with van der Waals surface area (Å²) in [4.78, 5) is 20.9. The second kappa shape index (κ2) is 11.6. The Hall–Kier alpha value is -2.40. The van der Waals surface area contributed by atoms with E-state index < -0.39 is 0 Å². The Bertz CT molecular complexity index is 1140. The molecule has 6 rings (SSSR count). The summed E-state index contributed by atoms with van der Waals surface area (Å²) < 4.78 is 1.12. The van der Waals surface area contributed by atoms with E-state index in [9.17, 15) is 4.79 Å². The monoisotopic (exact) mass is 519 g/mol. The zero-order valence-corrected chi connectivity index (χ0v) is 22.0. The lowest BCUT2D eigenvalue weighted by Gasteiger charge is -2.45. The van der Waals surface area contributed by atoms with Gasteiger partial charge in [-0.05, 0) is 49.9 Å². The fraction of sp³-hybridized carbons (Fsp3) is 0.500. The van der Waals surface area contributed by atoms with Gasteiger partial charge in [-0.1, -0.05) is 42.5 Å². The van der Waals surface area contributed by atoms with Gasteiger partial charge in [0.2, 0.25) is 5.91 Å². The van der Waals surface area contributed by atoms with Gasteiger partial charge in [-0.25, -0.2) is 4.98 Å². The van der Waals surface area contributed by atoms with Crippen LogP contribution in [0.4, 0.5) is 0 Å². The highest BCUT2D eigenvalue weighted by Gasteiger charge is 2.42. The molecule has 1 aromatic heterocycles. The SMILES string of the molecule is O=C1NC(N2CCC(NCc3ccccc3)CC2)NC(N[C@@H]2CCCNC2)C1c1nc2ccccc2s1. The molecule has 196 valence electrons. The molecule has 2 aromatic carbocycles. The quantitative estimate of drug-likeness (QED) is 0.327. The summed E-state index contributed by atoms with van der Waals surface area (Å²) in [6.45, 7) is 4.76. The molecule has 3 aromatic rings. The number of carbonyl (C=O) groups is 1. The van der Waals surface area contributed by atoms with Crippen molar-refractivity contribution in [2.24, 2.45) is 0 Å². The summed E-state index contributed by atoms with van der Waals surface area (Å²) in [6.07, 6.45) is 4.04. The molecule has 4 atom stereocenters. The molecule has 3 aliphatic heterocycles. The van der Waals surface area contributed by atoms with Crippen LogP contribution in [0.25, 0.3) is 10.2 Å². The van der Waals surface area contributed by atoms with Crippen molar-refractivity contribution < 1.29 is 4.79 Å². The van der Waals surface area contributed by atoms with Crippen LogP contribution in [0.3, 0.4) is 0 Å². The minimum absolute atomic E-state index is 0.0494. The second-order valence-electron chi connectivity index (χ2n) is 10.4. The van der Waals surface area contributed by atoms with Crippen LogP contribution in [-0.2, 0) is 11.3 Å². The van der Waals surface area contributed by atoms with Crippen LogP contribution in [0.5, 0.6) is 0 Å². The van der Waals surface area contributed by atoms with E-state index in [-0.39, 0.29) is 24.3 Å². The van der Waals surface area contributed by atoms with E-state index in [4.69, 9.17) is 4.98 Å². The average Bonchev–Trinajstić information content (AvgIpc) is 3.37. The Morgan fingerprint density at radius 3 is 2.59 bits per heavy atom. The highest BCUT2D eigenvalue weighted by atomic mass is 32.1. The van der Waals surface area contributed by atoms with Gasteiger partial charge in [-0.3, -0.25) is 20.3 Å². The number of hydrogen-bond donors (Lipinski definition) is 5. The van der Waals surface area contributed by atoms with Crippen molar-refractivity contribution in [2.75, 3.05) is 26.2 Å². The zero-order valence-electron chi connectivity index (χ0n) is 21.2. The zero-order chi connectivity index (χ0) is 25.0. The number of fused-ring (bicyclic) bond motifs is 1. The molecule has 3 unspecified atom stereocenters. The van der Waals surface area contributed by atoms with Crippen molar-refractivity contribution in [3.05, 3.63) is 65.2 Å². The van der Waals surface area contributed by atoms with Gasteiger partial charge < -0.3 is 16.0 Å². The molecule has 0 spiro atoms. The average molecular weight is 520 g/mol. The molecular formula is C28H37N7OS. The predicted molar refractivity (Wildman–Crippen MR) is 148 cm³/mol. The number of rotatable bonds is 7. The van der Waals surface area contributed by atoms with Gasteiger partial charge >= 0.3 is 0 Å². The van der Waals surface area contributed by atoms with E-state index in [0.29, 0.717) is 12.1 Å². The minimum Gasteiger partial charge on any atom is -0.327 e. The van der Waals surface area contributed by atoms with Gasteiger partial charge in [0.1, 0.15) is 17.2 Å². The molecule has 1 amide bonds. The highest BCUT2D eigenvalue weighted by molar-refractivity contribution is 7.18. The predicted octanol–water partition coefficient (Wildman–Crippen LogP) is 2.30. The first-order valence-corrected chi connectivity index (χ1v) is 14.4. The van der Waals surface area contributed by atoms with Gasteiger partial charge in [0, 0.05) is 38.3 Å². The van der Waals surface area contributed by atoms with Crippen LogP contribution in [0.1, 0.15) is 42.2 Å². The molecule has 3 aliphatic rings. The molecular weight excluding hydrogens is 482 g/mol. The third-order valence-corrected chi connectivity index (χ3v) is 8.97. The van der Waals surface area contributed by atoms with E-state index in [1.807, 2.05) is 18.2 Å². The summed E-state index contributed by atoms with van der Waals surface area (Å²) in [5, 5.41) is 18.9. The summed E-state index contributed by atoms with van der Waals surface area (Å²) >= 11 is 1.62. The lowest BCUT2D eigenvalue weighted by molar-refractivity contribution is -0.130. The van der Waals surface area contributed by atoms with Crippen molar-refractivity contribution in [2.45, 2.75) is 62.7 Å². The standard InChI is InChI=1S/C28H37N7OS/c36-26-24(27-32-22-10-4-5-11-23(22)37-27)25(31-21-9-6-14-29-18-21)33-28(34-26)35-15-12-20(13-16-35)30-17-19-7-2-1-3-8-19/h1-5,7-8,10-11,20-21,24-25,28-31,33H,6,9,12-18H2,(H,34,36)/t21-,24?,25?,28?/m1/s1. The first kappa shape index (κ1) is 24.9. The van der Waals surface area contributed by atoms with Crippen LogP contribution in [0, 0.1) is 0 Å². The molecule has 8 nitrogen and oxygen atoms in total. The maximum atomic E-state index is 13.6. The summed E-state index contributed by atoms with van der Waals surface area (Å²) in [5.74, 6) is -0.311. The molecule has 0 saturated carbocycles. The van der Waals surface area contributed by atoms with Gasteiger partial charge in [-0.15, -0.1) is 11.3 Å². The van der Waals surface area contributed by atoms with Crippen LogP contribution >= 0.6 is 11.3 Å². The second-order valence-corrected chi connectivity index (χ2v) is 11.5. The Kier molecular flexibility index (Phi) is 7.78. The Morgan fingerprint density at radius 2 is 1.81 bits per heavy atom. The molecule has 37 heavy (non-hydrogen) atoms. The number of nitrogens with zero attached hydrogens (tertiary/aromatic N) is 2. The normalized spacial score (nSPS) is 27.8. The molecule has 5 N–H and O–H groups in total. The van der Waals surface area contributed by atoms with Gasteiger partial charge in [0.25, 0.3) is 0 Å². The summed E-state index contributed by atoms with van der Waals surface area (Å²) in [5.41, 5.74) is 2.28. The van der Waals surface area contributed by atoms with Crippen molar-refractivity contribution in [1.29, 1.82) is 0 Å². The van der Waals surface area contributed by atoms with Crippen LogP contribution in [-0.4, -0.2) is 66.5 Å². The van der Waals surface area contributed by atoms with Crippen LogP contribution in [0.2, 0.25) is 0 Å². The molecule has 0 radical (unpaired) electrons. The maximum Gasteiger partial charge on any atom is 0.235 e. The topological polar surface area (TPSA) is 93.4 Å². The Labute approximate surface area is 222 Å². The van der Waals surface area contributed by atoms with E-state index in [0.717, 1.165) is 73.6 Å². The summed E-state index contributed by atoms with van der Waals surface area (Å²) in [7, 11) is 0. The molecule has 3 fully saturated rings. The van der Waals surface area contributed by atoms with Crippen LogP contribution in [0.15, 0.2) is 54.6 Å². The van der Waals surface area contributed by atoms with E-state index in [2.05, 4.69) is 67.9 Å². The third-order valence-electron chi connectivity index (χ3n) is 7.85. The molecule has 3 saturated heterocycles. The molecule has 0 bridgehead atoms. The minimum atomic E-state index is -0.361. The van der Waals surface area contributed by atoms with Crippen molar-refractivity contribution in [1.82, 2.24) is 36.5 Å². The maximum absolute atomic E-state index is 13.6. The van der Waals surface area contributed by atoms with Crippen molar-refractivity contribution in [3.8, 4) is 0 Å². The van der Waals surface area contributed by atoms with Gasteiger partial charge in [-0.2, -0.15) is 0 Å². The number of piperidine rings is 2. The number of carbonyl (C=O) groups excluding carboxylic acids is 1. The van der Waals surface area contributed by atoms with Crippen molar-refractivity contribution in [3.63, 3.8) is 0 Å². The van der Waals surface area contributed by atoms with E-state index in [1.54, 1.807) is 11.3 Å². The number of amides is 1. The number of benzene rings is 2. The first-order valence-electron chi connectivity index (χ1n) is 13.6. The van der Waals surface area contributed by atoms with Gasteiger partial charge in [0.05, 0.1) is 16.4 Å². The van der Waals surface area contributed by atoms with E-state index in [1.165, 1.54) is 5.56 Å². The fourth-order valence-corrected chi connectivity index (χ4v) is 6.87. The number of para-hydroxylation sites is 1. The fourth-order valence-electron chi connectivity index (χ4n) is 5.77. The van der Waals surface area contributed by atoms with Crippen molar-refractivity contribution >= 4 is 27.5 Å². The Balaban J connectivity index is 1.12. The smallest absolute Gasteiger partial charge is 0.235 e.